The van der Waals surface area contributed by atoms with E-state index >= 15 is 0 Å². The van der Waals surface area contributed by atoms with Gasteiger partial charge >= 0.3 is 0 Å². The molecule has 0 heterocycles. The van der Waals surface area contributed by atoms with Crippen LogP contribution in [0.3, 0.4) is 0 Å². The van der Waals surface area contributed by atoms with Crippen molar-refractivity contribution in [1.29, 1.82) is 0 Å². The molecule has 0 aromatic rings. The van der Waals surface area contributed by atoms with Crippen LogP contribution in [0.5, 0.6) is 0 Å². The predicted octanol–water partition coefficient (Wildman–Crippen LogP) is 3.08. The lowest BCUT2D eigenvalue weighted by Gasteiger charge is -2.21. The van der Waals surface area contributed by atoms with Crippen molar-refractivity contribution in [3.63, 3.8) is 0 Å². The van der Waals surface area contributed by atoms with E-state index in [1.807, 2.05) is 0 Å². The molecule has 2 heteroatoms. The molecule has 1 unspecified atom stereocenters. The summed E-state index contributed by atoms with van der Waals surface area (Å²) < 4.78 is 25.6. The van der Waals surface area contributed by atoms with Crippen molar-refractivity contribution >= 4 is 0 Å². The lowest BCUT2D eigenvalue weighted by Crippen LogP contribution is -2.24. The highest BCUT2D eigenvalue weighted by atomic mass is 19.3. The van der Waals surface area contributed by atoms with E-state index in [-0.39, 0.29) is 6.42 Å². The van der Waals surface area contributed by atoms with Crippen molar-refractivity contribution in [3.05, 3.63) is 0 Å². The predicted molar refractivity (Wildman–Crippen MR) is 42.5 cm³/mol. The van der Waals surface area contributed by atoms with Gasteiger partial charge in [-0.15, -0.1) is 12.3 Å². The lowest BCUT2D eigenvalue weighted by molar-refractivity contribution is -0.0567. The molecule has 64 valence electrons. The molecule has 0 amide bonds. The minimum Gasteiger partial charge on any atom is -0.207 e. The molecule has 0 aromatic carbocycles. The number of terminal acetylenes is 1. The average molecular weight is 160 g/mol. The van der Waals surface area contributed by atoms with Crippen LogP contribution in [0.15, 0.2) is 0 Å². The molecule has 0 N–H and O–H groups in total. The van der Waals surface area contributed by atoms with Gasteiger partial charge in [-0.2, -0.15) is 0 Å². The fourth-order valence-electron chi connectivity index (χ4n) is 0.859. The Morgan fingerprint density at radius 3 is 2.45 bits per heavy atom. The third kappa shape index (κ3) is 3.36. The average Bonchev–Trinajstić information content (AvgIpc) is 2.00. The topological polar surface area (TPSA) is 0 Å². The molecule has 0 fully saturated rings. The quantitative estimate of drug-likeness (QED) is 0.554. The molecule has 0 aliphatic heterocycles. The summed E-state index contributed by atoms with van der Waals surface area (Å²) in [6.07, 6.45) is 5.72. The molecule has 0 rings (SSSR count). The lowest BCUT2D eigenvalue weighted by atomic mass is 9.96. The fraction of sp³-hybridized carbons (Fsp3) is 0.778. The van der Waals surface area contributed by atoms with Gasteiger partial charge in [0.1, 0.15) is 0 Å². The van der Waals surface area contributed by atoms with Gasteiger partial charge in [0, 0.05) is 18.8 Å². The second kappa shape index (κ2) is 4.33. The third-order valence-corrected chi connectivity index (χ3v) is 1.91. The van der Waals surface area contributed by atoms with Crippen LogP contribution < -0.4 is 0 Å². The van der Waals surface area contributed by atoms with Gasteiger partial charge in [-0.3, -0.25) is 0 Å². The number of rotatable bonds is 4. The van der Waals surface area contributed by atoms with Crippen molar-refractivity contribution in [2.45, 2.75) is 39.0 Å². The summed E-state index contributed by atoms with van der Waals surface area (Å²) in [6, 6.07) is 0. The van der Waals surface area contributed by atoms with Crippen LogP contribution in [-0.4, -0.2) is 5.92 Å². The number of alkyl halides is 2. The highest BCUT2D eigenvalue weighted by molar-refractivity contribution is 4.85. The minimum atomic E-state index is -2.54. The van der Waals surface area contributed by atoms with E-state index in [2.05, 4.69) is 5.92 Å². The first-order valence-electron chi connectivity index (χ1n) is 3.86. The van der Waals surface area contributed by atoms with Crippen molar-refractivity contribution in [3.8, 4) is 12.3 Å². The maximum atomic E-state index is 12.8. The Hall–Kier alpha value is -0.580. The summed E-state index contributed by atoms with van der Waals surface area (Å²) in [5.74, 6) is -0.777. The first-order valence-corrected chi connectivity index (χ1v) is 3.86. The summed E-state index contributed by atoms with van der Waals surface area (Å²) in [7, 11) is 0. The molecule has 0 aliphatic carbocycles. The van der Waals surface area contributed by atoms with Gasteiger partial charge in [-0.1, -0.05) is 13.8 Å². The van der Waals surface area contributed by atoms with Crippen molar-refractivity contribution in [2.75, 3.05) is 0 Å². The molecule has 0 spiro atoms. The van der Waals surface area contributed by atoms with Crippen LogP contribution in [0.2, 0.25) is 0 Å². The Morgan fingerprint density at radius 1 is 1.55 bits per heavy atom. The van der Waals surface area contributed by atoms with E-state index in [1.54, 1.807) is 6.92 Å². The molecule has 11 heavy (non-hydrogen) atoms. The second-order valence-corrected chi connectivity index (χ2v) is 2.76. The highest BCUT2D eigenvalue weighted by Gasteiger charge is 2.33. The molecule has 0 saturated carbocycles. The van der Waals surface area contributed by atoms with Gasteiger partial charge in [0.05, 0.1) is 0 Å². The fourth-order valence-corrected chi connectivity index (χ4v) is 0.859. The monoisotopic (exact) mass is 160 g/mol. The molecule has 0 nitrogen and oxygen atoms in total. The molecule has 0 saturated heterocycles. The van der Waals surface area contributed by atoms with E-state index in [0.717, 1.165) is 0 Å². The molecule has 0 radical (unpaired) electrons. The Morgan fingerprint density at radius 2 is 2.09 bits per heavy atom. The van der Waals surface area contributed by atoms with Crippen LogP contribution >= 0.6 is 0 Å². The van der Waals surface area contributed by atoms with Crippen LogP contribution in [0.25, 0.3) is 0 Å². The standard InChI is InChI=1S/C9H14F2/c1-4-6-7-8(3)9(10,11)5-2/h1,8H,5-7H2,2-3H3. The Balaban J connectivity index is 3.83. The van der Waals surface area contributed by atoms with Crippen molar-refractivity contribution < 1.29 is 8.78 Å². The molecular formula is C9H14F2. The van der Waals surface area contributed by atoms with Gasteiger partial charge < -0.3 is 0 Å². The van der Waals surface area contributed by atoms with Crippen molar-refractivity contribution in [2.24, 2.45) is 5.92 Å². The van der Waals surface area contributed by atoms with Gasteiger partial charge in [0.25, 0.3) is 0 Å². The van der Waals surface area contributed by atoms with E-state index in [9.17, 15) is 8.78 Å². The normalized spacial score (nSPS) is 14.1. The number of halogens is 2. The highest BCUT2D eigenvalue weighted by Crippen LogP contribution is 2.30. The largest absolute Gasteiger partial charge is 0.250 e. The van der Waals surface area contributed by atoms with Gasteiger partial charge in [-0.25, -0.2) is 8.78 Å². The zero-order chi connectivity index (χ0) is 8.91. The molecule has 0 aromatic heterocycles. The molecule has 0 aliphatic rings. The van der Waals surface area contributed by atoms with Crippen LogP contribution in [0.4, 0.5) is 8.78 Å². The molecule has 0 bridgehead atoms. The van der Waals surface area contributed by atoms with E-state index in [1.165, 1.54) is 6.92 Å². The molecular weight excluding hydrogens is 146 g/mol. The van der Waals surface area contributed by atoms with Crippen LogP contribution in [0, 0.1) is 18.3 Å². The Kier molecular flexibility index (Phi) is 4.10. The first-order chi connectivity index (χ1) is 5.04. The van der Waals surface area contributed by atoms with E-state index < -0.39 is 11.8 Å². The van der Waals surface area contributed by atoms with E-state index in [4.69, 9.17) is 6.42 Å². The SMILES string of the molecule is C#CCCC(C)C(F)(F)CC. The van der Waals surface area contributed by atoms with Gasteiger partial charge in [0.2, 0.25) is 5.92 Å². The summed E-state index contributed by atoms with van der Waals surface area (Å²) in [5, 5.41) is 0. The summed E-state index contributed by atoms with van der Waals surface area (Å²) >= 11 is 0. The molecule has 1 atom stereocenters. The Labute approximate surface area is 67.0 Å². The third-order valence-electron chi connectivity index (χ3n) is 1.91. The van der Waals surface area contributed by atoms with Crippen LogP contribution in [0.1, 0.15) is 33.1 Å². The number of hydrogen-bond acceptors (Lipinski definition) is 0. The first kappa shape index (κ1) is 10.4. The maximum absolute atomic E-state index is 12.8. The smallest absolute Gasteiger partial charge is 0.207 e. The minimum absolute atomic E-state index is 0.0985. The Bertz CT molecular complexity index is 144. The van der Waals surface area contributed by atoms with E-state index in [0.29, 0.717) is 12.8 Å². The second-order valence-electron chi connectivity index (χ2n) is 2.76. The van der Waals surface area contributed by atoms with Gasteiger partial charge in [0.15, 0.2) is 0 Å². The van der Waals surface area contributed by atoms with Crippen molar-refractivity contribution in [1.82, 2.24) is 0 Å². The zero-order valence-corrected chi connectivity index (χ0v) is 7.03. The van der Waals surface area contributed by atoms with Crippen LogP contribution in [-0.2, 0) is 0 Å². The maximum Gasteiger partial charge on any atom is 0.250 e. The van der Waals surface area contributed by atoms with Gasteiger partial charge in [-0.05, 0) is 6.42 Å². The summed E-state index contributed by atoms with van der Waals surface area (Å²) in [6.45, 7) is 3.03. The number of hydrogen-bond donors (Lipinski definition) is 0. The summed E-state index contributed by atoms with van der Waals surface area (Å²) in [5.41, 5.74) is 0. The zero-order valence-electron chi connectivity index (χ0n) is 7.03. The summed E-state index contributed by atoms with van der Waals surface area (Å²) in [4.78, 5) is 0.